The van der Waals surface area contributed by atoms with Crippen LogP contribution in [0.25, 0.3) is 31.8 Å². The predicted octanol–water partition coefficient (Wildman–Crippen LogP) is 7.62. The van der Waals surface area contributed by atoms with Gasteiger partial charge in [-0.15, -0.1) is 11.3 Å². The highest BCUT2D eigenvalue weighted by atomic mass is 32.1. The summed E-state index contributed by atoms with van der Waals surface area (Å²) in [6, 6.07) is 11.5. The molecule has 4 fully saturated rings. The van der Waals surface area contributed by atoms with Crippen LogP contribution in [0.4, 0.5) is 20.0 Å². The number of rotatable bonds is 18. The lowest BCUT2D eigenvalue weighted by atomic mass is 9.85. The average molecular weight is 1080 g/mol. The number of nitrogens with one attached hydrogen (secondary N) is 4. The van der Waals surface area contributed by atoms with E-state index < -0.39 is 53.1 Å². The lowest BCUT2D eigenvalue weighted by Crippen LogP contribution is -2.59. The first-order valence-corrected chi connectivity index (χ1v) is 28.1. The van der Waals surface area contributed by atoms with Crippen LogP contribution in [0.3, 0.4) is 0 Å². The minimum Gasteiger partial charge on any atom is -0.492 e. The van der Waals surface area contributed by atoms with Crippen molar-refractivity contribution in [3.05, 3.63) is 71.1 Å². The molecule has 5 heterocycles. The van der Waals surface area contributed by atoms with E-state index in [0.29, 0.717) is 48.4 Å². The Balaban J connectivity index is 0.743. The summed E-state index contributed by atoms with van der Waals surface area (Å²) in [7, 11) is 0. The molecule has 406 valence electrons. The van der Waals surface area contributed by atoms with Crippen LogP contribution in [0.1, 0.15) is 95.5 Å². The van der Waals surface area contributed by atoms with Gasteiger partial charge in [-0.3, -0.25) is 34.4 Å². The Kier molecular flexibility index (Phi) is 17.0. The minimum absolute atomic E-state index is 0.0198. The van der Waals surface area contributed by atoms with Crippen molar-refractivity contribution < 1.29 is 42.9 Å². The molecule has 18 nitrogen and oxygen atoms in total. The summed E-state index contributed by atoms with van der Waals surface area (Å²) in [5.74, 6) is -1.35. The summed E-state index contributed by atoms with van der Waals surface area (Å²) in [4.78, 5) is 87.0. The number of thiazole rings is 2. The van der Waals surface area contributed by atoms with Gasteiger partial charge >= 0.3 is 6.09 Å². The van der Waals surface area contributed by atoms with Crippen LogP contribution in [-0.4, -0.2) is 147 Å². The molecule has 3 atom stereocenters. The number of pyridine rings is 1. The first-order chi connectivity index (χ1) is 36.4. The third-order valence-corrected chi connectivity index (χ3v) is 16.7. The van der Waals surface area contributed by atoms with Gasteiger partial charge in [0, 0.05) is 82.5 Å². The number of nitrogens with zero attached hydrogens (tertiary/aromatic N) is 6. The first kappa shape index (κ1) is 54.7. The number of aliphatic hydroxyl groups is 1. The van der Waals surface area contributed by atoms with Gasteiger partial charge in [-0.2, -0.15) is 0 Å². The number of carbonyl (C=O) groups excluding carboxylic acids is 5. The fraction of sp³-hybridized carbons (Fsp3) is 0.527. The second-order valence-corrected chi connectivity index (χ2v) is 23.5. The molecule has 0 unspecified atom stereocenters. The predicted molar refractivity (Wildman–Crippen MR) is 291 cm³/mol. The number of fused-ring (bicyclic) bond motifs is 1. The molecule has 4 aliphatic rings. The number of amides is 5. The molecule has 2 aliphatic carbocycles. The van der Waals surface area contributed by atoms with Crippen molar-refractivity contribution in [1.82, 2.24) is 40.3 Å². The number of alkyl halides is 1. The van der Waals surface area contributed by atoms with Gasteiger partial charge in [0.15, 0.2) is 10.8 Å². The van der Waals surface area contributed by atoms with Gasteiger partial charge in [0.05, 0.1) is 43.8 Å². The number of aryl methyl sites for hydroxylation is 2. The van der Waals surface area contributed by atoms with E-state index in [2.05, 4.69) is 46.0 Å². The van der Waals surface area contributed by atoms with Crippen LogP contribution < -0.4 is 26.0 Å². The van der Waals surface area contributed by atoms with Gasteiger partial charge in [0.25, 0.3) is 5.91 Å². The smallest absolute Gasteiger partial charge is 0.411 e. The second-order valence-electron chi connectivity index (χ2n) is 21.6. The Hall–Kier alpha value is -6.13. The molecule has 76 heavy (non-hydrogen) atoms. The van der Waals surface area contributed by atoms with Gasteiger partial charge in [-0.25, -0.2) is 19.2 Å². The summed E-state index contributed by atoms with van der Waals surface area (Å²) in [5.41, 5.74) is 5.38. The molecule has 5 N–H and O–H groups in total. The summed E-state index contributed by atoms with van der Waals surface area (Å²) in [5, 5.41) is 22.7. The first-order valence-electron chi connectivity index (χ1n) is 26.4. The van der Waals surface area contributed by atoms with Crippen molar-refractivity contribution in [2.75, 3.05) is 63.1 Å². The van der Waals surface area contributed by atoms with Crippen molar-refractivity contribution >= 4 is 73.4 Å². The van der Waals surface area contributed by atoms with Crippen LogP contribution in [0.5, 0.6) is 5.75 Å². The summed E-state index contributed by atoms with van der Waals surface area (Å²) < 4.78 is 27.8. The lowest BCUT2D eigenvalue weighted by molar-refractivity contribution is -0.145. The zero-order chi connectivity index (χ0) is 53.7. The molecule has 3 aromatic heterocycles. The van der Waals surface area contributed by atoms with Crippen molar-refractivity contribution in [1.29, 1.82) is 0 Å². The quantitative estimate of drug-likeness (QED) is 0.0571. The van der Waals surface area contributed by atoms with E-state index in [1.54, 1.807) is 32.5 Å². The van der Waals surface area contributed by atoms with E-state index in [-0.39, 0.29) is 44.4 Å². The number of likely N-dealkylation sites (tertiary alicyclic amines) is 1. The molecular weight excluding hydrogens is 1010 g/mol. The van der Waals surface area contributed by atoms with Gasteiger partial charge in [0.2, 0.25) is 17.7 Å². The van der Waals surface area contributed by atoms with Crippen LogP contribution in [0.2, 0.25) is 0 Å². The molecule has 0 radical (unpaired) electrons. The standard InChI is InChI=1S/C55H69FN10O8S2/c1-33-42(61-53(72)74-40-9-7-6-8-10-40)25-38(30-57-33)35-13-14-41-45(27-35)76-52(60-41)62-46(68)15-18-64-19-21-65(22-20-64)23-24-73-44-26-36(47-34(2)59-32-75-47)11-12-37(44)29-58-49(69)43-28-39(67)31-66(43)50(70)48(54(3,4)5)63-51(71)55(56)16-17-55/h11-14,25-27,30,32,39-40,43,48,67H,6-10,15-24,28-29,31H2,1-5H3,(H,58,69)(H,61,72)(H,63,71)(H,60,62,68)/t39-,43+,48-/m1/s1. The zero-order valence-corrected chi connectivity index (χ0v) is 45.5. The maximum atomic E-state index is 14.7. The van der Waals surface area contributed by atoms with Gasteiger partial charge in [-0.05, 0) is 93.2 Å². The van der Waals surface area contributed by atoms with Gasteiger partial charge in [0.1, 0.15) is 30.5 Å². The Morgan fingerprint density at radius 3 is 2.34 bits per heavy atom. The number of piperazine rings is 1. The van der Waals surface area contributed by atoms with E-state index in [4.69, 9.17) is 9.47 Å². The number of hydrogen-bond acceptors (Lipinski definition) is 15. The van der Waals surface area contributed by atoms with Crippen LogP contribution in [0.15, 0.2) is 54.2 Å². The van der Waals surface area contributed by atoms with E-state index >= 15 is 0 Å². The molecule has 5 amide bonds. The second kappa shape index (κ2) is 23.6. The van der Waals surface area contributed by atoms with Crippen LogP contribution in [0, 0.1) is 19.3 Å². The summed E-state index contributed by atoms with van der Waals surface area (Å²) in [6.45, 7) is 13.9. The topological polar surface area (TPSA) is 221 Å². The van der Waals surface area contributed by atoms with Crippen LogP contribution >= 0.6 is 22.7 Å². The number of benzene rings is 2. The number of hydrogen-bond donors (Lipinski definition) is 5. The Morgan fingerprint density at radius 2 is 1.63 bits per heavy atom. The van der Waals surface area contributed by atoms with Crippen molar-refractivity contribution in [3.8, 4) is 27.3 Å². The lowest BCUT2D eigenvalue weighted by Gasteiger charge is -2.35. The van der Waals surface area contributed by atoms with E-state index in [9.17, 15) is 33.5 Å². The minimum atomic E-state index is -1.98. The largest absolute Gasteiger partial charge is 0.492 e. The Labute approximate surface area is 450 Å². The Bertz CT molecular complexity index is 2930. The molecule has 2 saturated heterocycles. The molecule has 2 aliphatic heterocycles. The number of aromatic nitrogens is 3. The van der Waals surface area contributed by atoms with E-state index in [0.717, 1.165) is 94.9 Å². The number of carbonyl (C=O) groups is 5. The molecule has 2 aromatic carbocycles. The SMILES string of the molecule is Cc1ncc(-c2ccc3nc(NC(=O)CCN4CCN(CCOc5cc(-c6scnc6C)ccc5CNC(=O)[C@@H]5C[C@@H](O)CN5C(=O)[C@@H](NC(=O)C5(F)CC5)C(C)(C)C)CC4)sc3c2)cc1NC(=O)OC1CCCCC1. The number of anilines is 2. The van der Waals surface area contributed by atoms with Crippen molar-refractivity contribution in [3.63, 3.8) is 0 Å². The highest BCUT2D eigenvalue weighted by molar-refractivity contribution is 7.22. The highest BCUT2D eigenvalue weighted by Gasteiger charge is 2.53. The fourth-order valence-corrected chi connectivity index (χ4v) is 11.7. The maximum Gasteiger partial charge on any atom is 0.411 e. The molecule has 0 spiro atoms. The summed E-state index contributed by atoms with van der Waals surface area (Å²) in [6.07, 6.45) is 5.97. The molecule has 5 aromatic rings. The monoisotopic (exact) mass is 1080 g/mol. The maximum absolute atomic E-state index is 14.7. The van der Waals surface area contributed by atoms with Crippen molar-refractivity contribution in [2.45, 2.75) is 129 Å². The Morgan fingerprint density at radius 1 is 0.895 bits per heavy atom. The molecule has 9 rings (SSSR count). The van der Waals surface area contributed by atoms with Crippen molar-refractivity contribution in [2.24, 2.45) is 5.41 Å². The normalized spacial score (nSPS) is 19.5. The van der Waals surface area contributed by atoms with Gasteiger partial charge in [-0.1, -0.05) is 56.7 Å². The zero-order valence-electron chi connectivity index (χ0n) is 43.9. The third kappa shape index (κ3) is 13.5. The fourth-order valence-electron chi connectivity index (χ4n) is 9.98. The highest BCUT2D eigenvalue weighted by Crippen LogP contribution is 2.41. The van der Waals surface area contributed by atoms with E-state index in [1.807, 2.05) is 56.3 Å². The molecule has 21 heteroatoms. The van der Waals surface area contributed by atoms with Gasteiger partial charge < -0.3 is 40.3 Å². The average Bonchev–Trinajstić information content (AvgIpc) is 3.64. The summed E-state index contributed by atoms with van der Waals surface area (Å²) >= 11 is 2.94. The van der Waals surface area contributed by atoms with E-state index in [1.165, 1.54) is 34.0 Å². The molecule has 2 saturated carbocycles. The molecule has 0 bridgehead atoms. The number of aliphatic hydroxyl groups excluding tert-OH is 1. The number of β-amino-alcohol motifs (C(OH)–C–C–N with tert-alkyl or cyclic N) is 1. The van der Waals surface area contributed by atoms with Crippen LogP contribution in [-0.2, 0) is 30.5 Å². The molecular formula is C55H69FN10O8S2. The number of halogens is 1. The third-order valence-electron chi connectivity index (χ3n) is 14.8. The number of ether oxygens (including phenoxy) is 2.